The molecule has 0 N–H and O–H groups in total. The molecule has 2 heterocycles. The topological polar surface area (TPSA) is 100.0 Å². The molecule has 0 amide bonds. The maximum absolute atomic E-state index is 12.0. The first-order valence-electron chi connectivity index (χ1n) is 10.3. The van der Waals surface area contributed by atoms with Crippen LogP contribution in [-0.2, 0) is 9.63 Å². The summed E-state index contributed by atoms with van der Waals surface area (Å²) >= 11 is 0. The molecule has 8 heteroatoms. The molecule has 0 unspecified atom stereocenters. The zero-order valence-electron chi connectivity index (χ0n) is 18.3. The highest BCUT2D eigenvalue weighted by molar-refractivity contribution is 5.85. The maximum Gasteiger partial charge on any atom is 0.337 e. The van der Waals surface area contributed by atoms with E-state index in [4.69, 9.17) is 18.5 Å². The third-order valence-corrected chi connectivity index (χ3v) is 4.69. The minimum Gasteiger partial charge on any atom is -0.490 e. The summed E-state index contributed by atoms with van der Waals surface area (Å²) in [5.41, 5.74) is 2.83. The van der Waals surface area contributed by atoms with E-state index in [0.29, 0.717) is 29.3 Å². The van der Waals surface area contributed by atoms with Crippen LogP contribution < -0.4 is 10.3 Å². The van der Waals surface area contributed by atoms with Crippen LogP contribution in [0, 0.1) is 12.8 Å². The zero-order valence-corrected chi connectivity index (χ0v) is 18.3. The van der Waals surface area contributed by atoms with Crippen molar-refractivity contribution in [3.05, 3.63) is 59.6 Å². The fraction of sp³-hybridized carbons (Fsp3) is 0.250. The van der Waals surface area contributed by atoms with Gasteiger partial charge >= 0.3 is 5.97 Å². The first kappa shape index (κ1) is 21.3. The van der Waals surface area contributed by atoms with E-state index in [1.165, 1.54) is 0 Å². The molecule has 0 saturated carbocycles. The Morgan fingerprint density at radius 2 is 1.94 bits per heavy atom. The van der Waals surface area contributed by atoms with Crippen molar-refractivity contribution in [2.75, 3.05) is 6.61 Å². The molecule has 8 nitrogen and oxygen atoms in total. The first-order valence-corrected chi connectivity index (χ1v) is 10.3. The van der Waals surface area contributed by atoms with Crippen molar-refractivity contribution < 1.29 is 23.3 Å². The van der Waals surface area contributed by atoms with E-state index in [1.807, 2.05) is 50.2 Å². The minimum absolute atomic E-state index is 0.0257. The number of hydrogen-bond acceptors (Lipinski definition) is 8. The normalized spacial score (nSPS) is 11.8. The number of para-hydroxylation sites is 1. The van der Waals surface area contributed by atoms with E-state index in [9.17, 15) is 4.79 Å². The second-order valence-electron chi connectivity index (χ2n) is 7.52. The van der Waals surface area contributed by atoms with Gasteiger partial charge in [0.25, 0.3) is 11.4 Å². The molecule has 2 aromatic heterocycles. The van der Waals surface area contributed by atoms with Crippen LogP contribution in [0.1, 0.15) is 26.3 Å². The molecule has 0 aliphatic heterocycles. The van der Waals surface area contributed by atoms with Gasteiger partial charge in [0, 0.05) is 10.9 Å². The van der Waals surface area contributed by atoms with Crippen LogP contribution in [0.2, 0.25) is 0 Å². The number of nitrogens with zero attached hydrogens (tertiary/aromatic N) is 3. The molecule has 2 aromatic carbocycles. The summed E-state index contributed by atoms with van der Waals surface area (Å²) in [5.74, 6) is 0.322. The Morgan fingerprint density at radius 3 is 2.66 bits per heavy atom. The second-order valence-corrected chi connectivity index (χ2v) is 7.52. The number of benzene rings is 2. The Bertz CT molecular complexity index is 1320. The predicted molar refractivity (Wildman–Crippen MR) is 117 cm³/mol. The van der Waals surface area contributed by atoms with Gasteiger partial charge in [-0.15, -0.1) is 0 Å². The third kappa shape index (κ3) is 4.39. The van der Waals surface area contributed by atoms with E-state index in [-0.39, 0.29) is 17.4 Å². The minimum atomic E-state index is -0.491. The smallest absolute Gasteiger partial charge is 0.337 e. The summed E-state index contributed by atoms with van der Waals surface area (Å²) in [5, 5.41) is 8.78. The monoisotopic (exact) mass is 433 g/mol. The lowest BCUT2D eigenvalue weighted by molar-refractivity contribution is -0.148. The van der Waals surface area contributed by atoms with Crippen molar-refractivity contribution >= 4 is 16.9 Å². The van der Waals surface area contributed by atoms with Crippen LogP contribution in [0.5, 0.6) is 5.75 Å². The van der Waals surface area contributed by atoms with Gasteiger partial charge in [-0.1, -0.05) is 61.0 Å². The van der Waals surface area contributed by atoms with Gasteiger partial charge in [-0.3, -0.25) is 0 Å². The number of rotatable bonds is 6. The van der Waals surface area contributed by atoms with Gasteiger partial charge in [0.2, 0.25) is 5.82 Å². The SMILES string of the molecule is CCOc1cccc2cc(-c3nc(-c4ccc(C)cc4)no3)c(=NOC(=O)C(C)C)oc12. The van der Waals surface area contributed by atoms with E-state index >= 15 is 0 Å². The second kappa shape index (κ2) is 9.05. The molecule has 0 aliphatic carbocycles. The number of carbonyl (C=O) groups excluding carboxylic acids is 1. The average Bonchev–Trinajstić information content (AvgIpc) is 3.28. The molecule has 0 radical (unpaired) electrons. The lowest BCUT2D eigenvalue weighted by atomic mass is 10.1. The number of aryl methyl sites for hydroxylation is 1. The molecule has 164 valence electrons. The summed E-state index contributed by atoms with van der Waals surface area (Å²) in [6.07, 6.45) is 0. The number of carbonyl (C=O) groups is 1. The van der Waals surface area contributed by atoms with Crippen LogP contribution >= 0.6 is 0 Å². The fourth-order valence-corrected chi connectivity index (χ4v) is 2.96. The number of ether oxygens (including phenoxy) is 1. The lowest BCUT2D eigenvalue weighted by Gasteiger charge is -2.07. The largest absolute Gasteiger partial charge is 0.490 e. The molecule has 4 rings (SSSR count). The molecule has 0 spiro atoms. The Labute approximate surface area is 184 Å². The highest BCUT2D eigenvalue weighted by Gasteiger charge is 2.18. The van der Waals surface area contributed by atoms with Gasteiger partial charge in [-0.2, -0.15) is 4.98 Å². The van der Waals surface area contributed by atoms with Gasteiger partial charge in [0.1, 0.15) is 5.56 Å². The molecule has 0 aliphatic rings. The molecule has 0 atom stereocenters. The number of hydrogen-bond donors (Lipinski definition) is 0. The highest BCUT2D eigenvalue weighted by atomic mass is 16.7. The van der Waals surface area contributed by atoms with Crippen LogP contribution in [0.25, 0.3) is 33.8 Å². The van der Waals surface area contributed by atoms with Crippen molar-refractivity contribution in [3.8, 4) is 28.6 Å². The summed E-state index contributed by atoms with van der Waals surface area (Å²) < 4.78 is 17.2. The molecule has 0 bridgehead atoms. The van der Waals surface area contributed by atoms with Crippen molar-refractivity contribution in [2.45, 2.75) is 27.7 Å². The summed E-state index contributed by atoms with van der Waals surface area (Å²) in [6.45, 7) is 7.79. The summed E-state index contributed by atoms with van der Waals surface area (Å²) in [6, 6.07) is 15.1. The Morgan fingerprint density at radius 1 is 1.16 bits per heavy atom. The van der Waals surface area contributed by atoms with Gasteiger partial charge in [0.05, 0.1) is 12.5 Å². The van der Waals surface area contributed by atoms with E-state index in [1.54, 1.807) is 26.0 Å². The van der Waals surface area contributed by atoms with E-state index < -0.39 is 5.97 Å². The van der Waals surface area contributed by atoms with Gasteiger partial charge in [-0.25, -0.2) is 4.79 Å². The van der Waals surface area contributed by atoms with Crippen LogP contribution in [-0.4, -0.2) is 22.7 Å². The Kier molecular flexibility index (Phi) is 6.02. The van der Waals surface area contributed by atoms with Gasteiger partial charge < -0.3 is 18.5 Å². The molecular formula is C24H23N3O5. The van der Waals surface area contributed by atoms with Crippen LogP contribution in [0.4, 0.5) is 0 Å². The summed E-state index contributed by atoms with van der Waals surface area (Å²) in [7, 11) is 0. The quantitative estimate of drug-likeness (QED) is 0.316. The average molecular weight is 433 g/mol. The van der Waals surface area contributed by atoms with Gasteiger partial charge in [-0.05, 0) is 31.1 Å². The van der Waals surface area contributed by atoms with Crippen molar-refractivity contribution in [2.24, 2.45) is 11.1 Å². The lowest BCUT2D eigenvalue weighted by Crippen LogP contribution is -2.13. The van der Waals surface area contributed by atoms with E-state index in [2.05, 4.69) is 15.3 Å². The van der Waals surface area contributed by atoms with Crippen molar-refractivity contribution in [1.82, 2.24) is 10.1 Å². The van der Waals surface area contributed by atoms with E-state index in [0.717, 1.165) is 16.5 Å². The zero-order chi connectivity index (χ0) is 22.7. The summed E-state index contributed by atoms with van der Waals surface area (Å²) in [4.78, 5) is 21.5. The standard InChI is InChI=1S/C24H23N3O5/c1-5-29-19-8-6-7-17-13-18(23(30-20(17)19)27-32-24(28)14(2)3)22-25-21(26-31-22)16-11-9-15(4)10-12-16/h6-14H,5H2,1-4H3. The molecule has 0 fully saturated rings. The Hall–Kier alpha value is -3.94. The van der Waals surface area contributed by atoms with Crippen molar-refractivity contribution in [3.63, 3.8) is 0 Å². The molecular weight excluding hydrogens is 410 g/mol. The molecule has 0 saturated heterocycles. The first-order chi connectivity index (χ1) is 15.5. The fourth-order valence-electron chi connectivity index (χ4n) is 2.96. The third-order valence-electron chi connectivity index (χ3n) is 4.69. The predicted octanol–water partition coefficient (Wildman–Crippen LogP) is 4.87. The van der Waals surface area contributed by atoms with Crippen molar-refractivity contribution in [1.29, 1.82) is 0 Å². The number of fused-ring (bicyclic) bond motifs is 1. The Balaban J connectivity index is 1.85. The molecule has 32 heavy (non-hydrogen) atoms. The molecule has 4 aromatic rings. The van der Waals surface area contributed by atoms with Crippen LogP contribution in [0.15, 0.2) is 62.6 Å². The van der Waals surface area contributed by atoms with Gasteiger partial charge in [0.15, 0.2) is 11.3 Å². The maximum atomic E-state index is 12.0. The highest BCUT2D eigenvalue weighted by Crippen LogP contribution is 2.28. The number of aromatic nitrogens is 2. The van der Waals surface area contributed by atoms with Crippen LogP contribution in [0.3, 0.4) is 0 Å².